The highest BCUT2D eigenvalue weighted by Crippen LogP contribution is 2.29. The van der Waals surface area contributed by atoms with E-state index < -0.39 is 29.0 Å². The summed E-state index contributed by atoms with van der Waals surface area (Å²) in [6.07, 6.45) is 0. The third-order valence-electron chi connectivity index (χ3n) is 2.70. The van der Waals surface area contributed by atoms with Gasteiger partial charge in [-0.15, -0.1) is 0 Å². The van der Waals surface area contributed by atoms with Crippen LogP contribution in [0.3, 0.4) is 0 Å². The monoisotopic (exact) mass is 348 g/mol. The zero-order valence-corrected chi connectivity index (χ0v) is 12.4. The standard InChI is InChI=1S/C14H9Cl2F3N2O/c15-7-2-1-3-9(12(7)16)20-6-11(22)21-10-5-4-8(17)13(18)14(10)19/h1-5,20H,6H2,(H,21,22). The van der Waals surface area contributed by atoms with E-state index >= 15 is 0 Å². The Morgan fingerprint density at radius 2 is 1.73 bits per heavy atom. The number of amides is 1. The Hall–Kier alpha value is -1.92. The van der Waals surface area contributed by atoms with Crippen LogP contribution in [0.1, 0.15) is 0 Å². The number of halogens is 5. The molecule has 0 aliphatic rings. The van der Waals surface area contributed by atoms with E-state index in [1.165, 1.54) is 0 Å². The van der Waals surface area contributed by atoms with Crippen molar-refractivity contribution in [3.8, 4) is 0 Å². The van der Waals surface area contributed by atoms with Gasteiger partial charge in [0.15, 0.2) is 17.5 Å². The minimum Gasteiger partial charge on any atom is -0.375 e. The molecule has 0 heterocycles. The van der Waals surface area contributed by atoms with Crippen molar-refractivity contribution in [2.24, 2.45) is 0 Å². The smallest absolute Gasteiger partial charge is 0.243 e. The molecule has 0 radical (unpaired) electrons. The van der Waals surface area contributed by atoms with Gasteiger partial charge in [0.2, 0.25) is 5.91 Å². The lowest BCUT2D eigenvalue weighted by molar-refractivity contribution is -0.114. The Balaban J connectivity index is 2.02. The van der Waals surface area contributed by atoms with Crippen LogP contribution in [0, 0.1) is 17.5 Å². The largest absolute Gasteiger partial charge is 0.375 e. The average molecular weight is 349 g/mol. The number of anilines is 2. The first-order valence-electron chi connectivity index (χ1n) is 6.01. The number of hydrogen-bond donors (Lipinski definition) is 2. The summed E-state index contributed by atoms with van der Waals surface area (Å²) in [4.78, 5) is 11.7. The van der Waals surface area contributed by atoms with Gasteiger partial charge in [-0.2, -0.15) is 0 Å². The molecular formula is C14H9Cl2F3N2O. The molecule has 8 heteroatoms. The van der Waals surface area contributed by atoms with Crippen molar-refractivity contribution in [3.05, 3.63) is 57.8 Å². The van der Waals surface area contributed by atoms with Gasteiger partial charge in [0, 0.05) is 0 Å². The minimum atomic E-state index is -1.65. The SMILES string of the molecule is O=C(CNc1cccc(Cl)c1Cl)Nc1ccc(F)c(F)c1F. The van der Waals surface area contributed by atoms with Crippen LogP contribution >= 0.6 is 23.2 Å². The highest BCUT2D eigenvalue weighted by molar-refractivity contribution is 6.43. The van der Waals surface area contributed by atoms with Crippen molar-refractivity contribution in [3.63, 3.8) is 0 Å². The topological polar surface area (TPSA) is 41.1 Å². The average Bonchev–Trinajstić information content (AvgIpc) is 2.49. The van der Waals surface area contributed by atoms with E-state index in [1.807, 2.05) is 0 Å². The third-order valence-corrected chi connectivity index (χ3v) is 3.52. The van der Waals surface area contributed by atoms with Gasteiger partial charge in [0.05, 0.1) is 28.0 Å². The van der Waals surface area contributed by atoms with Crippen molar-refractivity contribution < 1.29 is 18.0 Å². The Labute approximate surface area is 134 Å². The number of rotatable bonds is 4. The van der Waals surface area contributed by atoms with Gasteiger partial charge in [-0.1, -0.05) is 29.3 Å². The molecule has 0 aliphatic heterocycles. The van der Waals surface area contributed by atoms with E-state index in [0.717, 1.165) is 12.1 Å². The maximum Gasteiger partial charge on any atom is 0.243 e. The van der Waals surface area contributed by atoms with Gasteiger partial charge in [0.25, 0.3) is 0 Å². The molecule has 0 saturated carbocycles. The van der Waals surface area contributed by atoms with Crippen molar-refractivity contribution in [2.45, 2.75) is 0 Å². The van der Waals surface area contributed by atoms with Gasteiger partial charge in [-0.05, 0) is 24.3 Å². The zero-order chi connectivity index (χ0) is 16.3. The predicted molar refractivity (Wildman–Crippen MR) is 79.9 cm³/mol. The van der Waals surface area contributed by atoms with Gasteiger partial charge < -0.3 is 10.6 Å². The maximum absolute atomic E-state index is 13.4. The first kappa shape index (κ1) is 16.5. The molecule has 2 aromatic rings. The Morgan fingerprint density at radius 3 is 2.45 bits per heavy atom. The first-order valence-corrected chi connectivity index (χ1v) is 6.77. The highest BCUT2D eigenvalue weighted by atomic mass is 35.5. The molecule has 116 valence electrons. The molecule has 2 N–H and O–H groups in total. The molecule has 3 nitrogen and oxygen atoms in total. The lowest BCUT2D eigenvalue weighted by atomic mass is 10.2. The second-order valence-corrected chi connectivity index (χ2v) is 5.01. The normalized spacial score (nSPS) is 10.4. The predicted octanol–water partition coefficient (Wildman–Crippen LogP) is 4.46. The van der Waals surface area contributed by atoms with Crippen LogP contribution in [0.5, 0.6) is 0 Å². The van der Waals surface area contributed by atoms with Crippen LogP contribution in [0.15, 0.2) is 30.3 Å². The van der Waals surface area contributed by atoms with Crippen molar-refractivity contribution in [1.29, 1.82) is 0 Å². The fraction of sp³-hybridized carbons (Fsp3) is 0.0714. The van der Waals surface area contributed by atoms with E-state index in [4.69, 9.17) is 23.2 Å². The number of carbonyl (C=O) groups is 1. The lowest BCUT2D eigenvalue weighted by Gasteiger charge is -2.10. The summed E-state index contributed by atoms with van der Waals surface area (Å²) in [5.74, 6) is -5.11. The molecule has 2 rings (SSSR count). The Bertz CT molecular complexity index is 725. The summed E-state index contributed by atoms with van der Waals surface area (Å²) in [6, 6.07) is 6.45. The van der Waals surface area contributed by atoms with Crippen molar-refractivity contribution >= 4 is 40.5 Å². The maximum atomic E-state index is 13.4. The molecule has 0 fully saturated rings. The van der Waals surface area contributed by atoms with E-state index in [0.29, 0.717) is 10.7 Å². The molecule has 0 spiro atoms. The number of nitrogens with one attached hydrogen (secondary N) is 2. The third kappa shape index (κ3) is 3.64. The second-order valence-electron chi connectivity index (χ2n) is 4.23. The fourth-order valence-corrected chi connectivity index (χ4v) is 2.00. The molecule has 1 amide bonds. The summed E-state index contributed by atoms with van der Waals surface area (Å²) in [7, 11) is 0. The summed E-state index contributed by atoms with van der Waals surface area (Å²) in [5, 5.41) is 5.36. The summed E-state index contributed by atoms with van der Waals surface area (Å²) < 4.78 is 39.2. The van der Waals surface area contributed by atoms with Crippen LogP contribution in [-0.2, 0) is 4.79 Å². The van der Waals surface area contributed by atoms with Gasteiger partial charge in [0.1, 0.15) is 0 Å². The second kappa shape index (κ2) is 6.89. The van der Waals surface area contributed by atoms with Gasteiger partial charge in [-0.25, -0.2) is 13.2 Å². The Kier molecular flexibility index (Phi) is 5.15. The van der Waals surface area contributed by atoms with Crippen LogP contribution in [-0.4, -0.2) is 12.5 Å². The highest BCUT2D eigenvalue weighted by Gasteiger charge is 2.15. The number of carbonyl (C=O) groups excluding carboxylic acids is 1. The summed E-state index contributed by atoms with van der Waals surface area (Å²) >= 11 is 11.7. The van der Waals surface area contributed by atoms with Crippen LogP contribution in [0.2, 0.25) is 10.0 Å². The van der Waals surface area contributed by atoms with E-state index in [-0.39, 0.29) is 11.6 Å². The molecule has 0 unspecified atom stereocenters. The van der Waals surface area contributed by atoms with Gasteiger partial charge >= 0.3 is 0 Å². The zero-order valence-electron chi connectivity index (χ0n) is 10.9. The molecule has 2 aromatic carbocycles. The molecule has 0 saturated heterocycles. The van der Waals surface area contributed by atoms with E-state index in [2.05, 4.69) is 10.6 Å². The summed E-state index contributed by atoms with van der Waals surface area (Å²) in [6.45, 7) is -0.265. The van der Waals surface area contributed by atoms with Crippen LogP contribution < -0.4 is 10.6 Å². The molecular weight excluding hydrogens is 340 g/mol. The molecule has 0 aromatic heterocycles. The molecule has 22 heavy (non-hydrogen) atoms. The molecule has 0 atom stereocenters. The number of hydrogen-bond acceptors (Lipinski definition) is 2. The van der Waals surface area contributed by atoms with E-state index in [9.17, 15) is 18.0 Å². The fourth-order valence-electron chi connectivity index (χ4n) is 1.63. The molecule has 0 aliphatic carbocycles. The van der Waals surface area contributed by atoms with Crippen molar-refractivity contribution in [1.82, 2.24) is 0 Å². The first-order chi connectivity index (χ1) is 10.4. The van der Waals surface area contributed by atoms with Crippen LogP contribution in [0.4, 0.5) is 24.5 Å². The quantitative estimate of drug-likeness (QED) is 0.801. The Morgan fingerprint density at radius 1 is 1.00 bits per heavy atom. The van der Waals surface area contributed by atoms with Crippen LogP contribution in [0.25, 0.3) is 0 Å². The minimum absolute atomic E-state index is 0.232. The van der Waals surface area contributed by atoms with E-state index in [1.54, 1.807) is 18.2 Å². The van der Waals surface area contributed by atoms with Gasteiger partial charge in [-0.3, -0.25) is 4.79 Å². The summed E-state index contributed by atoms with van der Waals surface area (Å²) in [5.41, 5.74) is -0.0435. The molecule has 0 bridgehead atoms. The van der Waals surface area contributed by atoms with Crippen molar-refractivity contribution in [2.75, 3.05) is 17.2 Å². The lowest BCUT2D eigenvalue weighted by Crippen LogP contribution is -2.22. The number of benzene rings is 2.